The van der Waals surface area contributed by atoms with Gasteiger partial charge in [0.2, 0.25) is 0 Å². The fourth-order valence-electron chi connectivity index (χ4n) is 3.66. The third-order valence-corrected chi connectivity index (χ3v) is 6.41. The smallest absolute Gasteiger partial charge is 0.269 e. The van der Waals surface area contributed by atoms with E-state index in [1.165, 1.54) is 11.3 Å². The monoisotopic (exact) mass is 417 g/mol. The molecule has 1 aliphatic rings. The van der Waals surface area contributed by atoms with Crippen LogP contribution in [0.1, 0.15) is 40.7 Å². The van der Waals surface area contributed by atoms with Crippen LogP contribution in [0.5, 0.6) is 0 Å². The van der Waals surface area contributed by atoms with Crippen LogP contribution in [-0.4, -0.2) is 38.5 Å². The Hall–Kier alpha value is -2.65. The zero-order valence-corrected chi connectivity index (χ0v) is 16.7. The summed E-state index contributed by atoms with van der Waals surface area (Å²) < 4.78 is 30.2. The molecular formula is C20H21F2N5OS. The third-order valence-electron chi connectivity index (χ3n) is 5.11. The van der Waals surface area contributed by atoms with Gasteiger partial charge >= 0.3 is 0 Å². The fourth-order valence-corrected chi connectivity index (χ4v) is 4.65. The molecule has 3 heterocycles. The zero-order valence-electron chi connectivity index (χ0n) is 15.9. The number of amides is 1. The van der Waals surface area contributed by atoms with E-state index in [1.807, 2.05) is 13.0 Å². The van der Waals surface area contributed by atoms with E-state index in [-0.39, 0.29) is 6.42 Å². The Kier molecular flexibility index (Phi) is 4.95. The molecule has 0 radical (unpaired) electrons. The van der Waals surface area contributed by atoms with Crippen LogP contribution in [0.2, 0.25) is 0 Å². The zero-order chi connectivity index (χ0) is 20.8. The van der Waals surface area contributed by atoms with Gasteiger partial charge in [-0.3, -0.25) is 4.79 Å². The maximum Gasteiger partial charge on any atom is 0.269 e. The predicted molar refractivity (Wildman–Crippen MR) is 109 cm³/mol. The van der Waals surface area contributed by atoms with Crippen LogP contribution in [0.15, 0.2) is 37.2 Å². The highest BCUT2D eigenvalue weighted by molar-refractivity contribution is 7.15. The van der Waals surface area contributed by atoms with Crippen LogP contribution in [-0.2, 0) is 0 Å². The average molecular weight is 417 g/mol. The van der Waals surface area contributed by atoms with Gasteiger partial charge in [0.1, 0.15) is 6.04 Å². The second-order valence-electron chi connectivity index (χ2n) is 7.34. The number of imidazole rings is 1. The van der Waals surface area contributed by atoms with Crippen LogP contribution in [0.3, 0.4) is 0 Å². The number of nitrogens with zero attached hydrogens (tertiary/aromatic N) is 3. The van der Waals surface area contributed by atoms with Crippen molar-refractivity contribution < 1.29 is 13.6 Å². The normalized spacial score (nSPS) is 21.2. The molecule has 1 unspecified atom stereocenters. The summed E-state index contributed by atoms with van der Waals surface area (Å²) >= 11 is 1.21. The molecule has 4 rings (SSSR count). The van der Waals surface area contributed by atoms with Gasteiger partial charge in [0.25, 0.3) is 11.8 Å². The molecule has 29 heavy (non-hydrogen) atoms. The predicted octanol–water partition coefficient (Wildman–Crippen LogP) is 3.74. The summed E-state index contributed by atoms with van der Waals surface area (Å²) in [6.45, 7) is 5.82. The van der Waals surface area contributed by atoms with Crippen LogP contribution in [0.25, 0.3) is 22.5 Å². The van der Waals surface area contributed by atoms with Gasteiger partial charge < -0.3 is 11.1 Å². The van der Waals surface area contributed by atoms with Crippen molar-refractivity contribution in [3.63, 3.8) is 0 Å². The number of hydrogen-bond donors (Lipinski definition) is 2. The van der Waals surface area contributed by atoms with Crippen molar-refractivity contribution in [1.29, 1.82) is 0 Å². The highest BCUT2D eigenvalue weighted by atomic mass is 32.1. The minimum Gasteiger partial charge on any atom is -0.341 e. The lowest BCUT2D eigenvalue weighted by Gasteiger charge is -2.36. The standard InChI is InChI=1S/C20H21F2N5OS/c1-11(2)17-12(14-10-24-16-6-4-8-25-27(14)16)9-15(29-17)19(28)26-18-13(23)5-3-7-20(18,21)22/h4,6,8-10,13,18H,1,3,5,7,23H2,2H3,(H,26,28)/t13-,18?/m0/s1. The molecule has 0 spiro atoms. The number of carbonyl (C=O) groups is 1. The molecule has 0 saturated heterocycles. The molecule has 3 N–H and O–H groups in total. The summed E-state index contributed by atoms with van der Waals surface area (Å²) in [5.74, 6) is -3.58. The lowest BCUT2D eigenvalue weighted by molar-refractivity contribution is -0.0674. The molecule has 1 amide bonds. The Bertz CT molecular complexity index is 1090. The number of thiophene rings is 1. The van der Waals surface area contributed by atoms with Crippen LogP contribution in [0.4, 0.5) is 8.78 Å². The highest BCUT2D eigenvalue weighted by Gasteiger charge is 2.46. The van der Waals surface area contributed by atoms with Crippen molar-refractivity contribution in [2.45, 2.75) is 44.2 Å². The van der Waals surface area contributed by atoms with E-state index in [1.54, 1.807) is 29.0 Å². The topological polar surface area (TPSA) is 85.3 Å². The Morgan fingerprint density at radius 2 is 2.28 bits per heavy atom. The molecule has 0 aromatic carbocycles. The first kappa shape index (κ1) is 19.7. The highest BCUT2D eigenvalue weighted by Crippen LogP contribution is 2.37. The van der Waals surface area contributed by atoms with Crippen molar-refractivity contribution >= 4 is 28.5 Å². The molecule has 1 aliphatic carbocycles. The van der Waals surface area contributed by atoms with E-state index < -0.39 is 23.9 Å². The van der Waals surface area contributed by atoms with Crippen molar-refractivity contribution in [1.82, 2.24) is 19.9 Å². The van der Waals surface area contributed by atoms with E-state index in [0.717, 1.165) is 16.0 Å². The van der Waals surface area contributed by atoms with Gasteiger partial charge in [0.05, 0.1) is 16.8 Å². The number of nitrogens with two attached hydrogens (primary N) is 1. The van der Waals surface area contributed by atoms with E-state index >= 15 is 0 Å². The summed E-state index contributed by atoms with van der Waals surface area (Å²) in [6.07, 6.45) is 3.85. The summed E-state index contributed by atoms with van der Waals surface area (Å²) in [6, 6.07) is 3.13. The molecule has 0 bridgehead atoms. The fraction of sp³-hybridized carbons (Fsp3) is 0.350. The molecule has 1 saturated carbocycles. The SMILES string of the molecule is C=C(C)c1sc(C(=O)NC2[C@@H](N)CCCC2(F)F)cc1-c1cnc2cccnn12. The largest absolute Gasteiger partial charge is 0.341 e. The first-order chi connectivity index (χ1) is 13.8. The van der Waals surface area contributed by atoms with Crippen LogP contribution in [0, 0.1) is 0 Å². The number of aromatic nitrogens is 3. The van der Waals surface area contributed by atoms with Crippen molar-refractivity contribution in [3.8, 4) is 11.3 Å². The quantitative estimate of drug-likeness (QED) is 0.677. The average Bonchev–Trinajstić information content (AvgIpc) is 3.28. The first-order valence-electron chi connectivity index (χ1n) is 9.31. The van der Waals surface area contributed by atoms with Gasteiger partial charge in [0, 0.05) is 29.1 Å². The molecule has 1 fully saturated rings. The molecular weight excluding hydrogens is 396 g/mol. The number of fused-ring (bicyclic) bond motifs is 1. The van der Waals surface area contributed by atoms with E-state index in [2.05, 4.69) is 22.0 Å². The molecule has 3 aromatic rings. The van der Waals surface area contributed by atoms with Crippen molar-refractivity contribution in [2.24, 2.45) is 5.73 Å². The number of nitrogens with one attached hydrogen (secondary N) is 1. The van der Waals surface area contributed by atoms with E-state index in [9.17, 15) is 13.6 Å². The first-order valence-corrected chi connectivity index (χ1v) is 10.1. The molecule has 152 valence electrons. The summed E-state index contributed by atoms with van der Waals surface area (Å²) in [5.41, 5.74) is 8.74. The number of hydrogen-bond acceptors (Lipinski definition) is 5. The van der Waals surface area contributed by atoms with Gasteiger partial charge in [-0.1, -0.05) is 6.58 Å². The van der Waals surface area contributed by atoms with Crippen LogP contribution < -0.4 is 11.1 Å². The number of alkyl halides is 2. The lowest BCUT2D eigenvalue weighted by atomic mass is 9.87. The minimum atomic E-state index is -3.02. The Labute approximate surface area is 170 Å². The van der Waals surface area contributed by atoms with E-state index in [4.69, 9.17) is 5.73 Å². The molecule has 9 heteroatoms. The van der Waals surface area contributed by atoms with Crippen molar-refractivity contribution in [3.05, 3.63) is 46.9 Å². The van der Waals surface area contributed by atoms with Gasteiger partial charge in [-0.25, -0.2) is 18.3 Å². The number of carbonyl (C=O) groups excluding carboxylic acids is 1. The Balaban J connectivity index is 1.70. The molecule has 3 aromatic heterocycles. The van der Waals surface area contributed by atoms with Crippen LogP contribution >= 0.6 is 11.3 Å². The van der Waals surface area contributed by atoms with Gasteiger partial charge in [-0.15, -0.1) is 11.3 Å². The maximum absolute atomic E-state index is 14.3. The number of rotatable bonds is 4. The second kappa shape index (κ2) is 7.31. The lowest BCUT2D eigenvalue weighted by Crippen LogP contribution is -2.59. The number of allylic oxidation sites excluding steroid dienone is 1. The minimum absolute atomic E-state index is 0.272. The molecule has 6 nitrogen and oxygen atoms in total. The van der Waals surface area contributed by atoms with Crippen molar-refractivity contribution in [2.75, 3.05) is 0 Å². The van der Waals surface area contributed by atoms with Gasteiger partial charge in [-0.2, -0.15) is 5.10 Å². The third kappa shape index (κ3) is 3.56. The Morgan fingerprint density at radius 1 is 1.48 bits per heavy atom. The number of halogens is 2. The van der Waals surface area contributed by atoms with Gasteiger partial charge in [-0.05, 0) is 43.5 Å². The van der Waals surface area contributed by atoms with Gasteiger partial charge in [0.15, 0.2) is 5.65 Å². The summed E-state index contributed by atoms with van der Waals surface area (Å²) in [7, 11) is 0. The Morgan fingerprint density at radius 3 is 3.00 bits per heavy atom. The maximum atomic E-state index is 14.3. The second-order valence-corrected chi connectivity index (χ2v) is 8.39. The molecule has 0 aliphatic heterocycles. The van der Waals surface area contributed by atoms with E-state index in [0.29, 0.717) is 29.1 Å². The summed E-state index contributed by atoms with van der Waals surface area (Å²) in [4.78, 5) is 18.2. The molecule has 2 atom stereocenters. The summed E-state index contributed by atoms with van der Waals surface area (Å²) in [5, 5.41) is 6.77.